The van der Waals surface area contributed by atoms with Gasteiger partial charge in [0.05, 0.1) is 5.57 Å². The van der Waals surface area contributed by atoms with Gasteiger partial charge in [-0.05, 0) is 14.0 Å². The first kappa shape index (κ1) is 10.1. The van der Waals surface area contributed by atoms with E-state index in [0.29, 0.717) is 0 Å². The number of primary amides is 1. The first-order valence-electron chi connectivity index (χ1n) is 3.21. The van der Waals surface area contributed by atoms with Crippen LogP contribution in [0.3, 0.4) is 0 Å². The van der Waals surface area contributed by atoms with Crippen LogP contribution in [0.1, 0.15) is 6.92 Å². The number of methoxy groups -OCH3 is 1. The van der Waals surface area contributed by atoms with E-state index in [0.717, 1.165) is 0 Å². The maximum atomic E-state index is 10.7. The molecule has 0 bridgehead atoms. The van der Waals surface area contributed by atoms with Gasteiger partial charge < -0.3 is 10.5 Å². The monoisotopic (exact) mass is 158 g/mol. The maximum absolute atomic E-state index is 10.7. The molecule has 0 radical (unpaired) electrons. The van der Waals surface area contributed by atoms with Gasteiger partial charge in [0.25, 0.3) is 0 Å². The van der Waals surface area contributed by atoms with Gasteiger partial charge in [0.15, 0.2) is 0 Å². The normalized spacial score (nSPS) is 15.5. The molecule has 4 nitrogen and oxygen atoms in total. The van der Waals surface area contributed by atoms with Gasteiger partial charge in [0, 0.05) is 7.11 Å². The third kappa shape index (κ3) is 2.03. The van der Waals surface area contributed by atoms with Crippen LogP contribution in [-0.4, -0.2) is 25.8 Å². The molecule has 0 heterocycles. The Morgan fingerprint density at radius 1 is 1.73 bits per heavy atom. The van der Waals surface area contributed by atoms with Crippen molar-refractivity contribution < 1.29 is 9.53 Å². The second-order valence-corrected chi connectivity index (χ2v) is 2.33. The van der Waals surface area contributed by atoms with Gasteiger partial charge in [-0.15, -0.1) is 0 Å². The summed E-state index contributed by atoms with van der Waals surface area (Å²) in [5.41, 5.74) is 4.37. The summed E-state index contributed by atoms with van der Waals surface area (Å²) < 4.78 is 5.00. The molecule has 0 aliphatic heterocycles. The molecule has 0 aliphatic rings. The lowest BCUT2D eigenvalue weighted by molar-refractivity contribution is -0.117. The van der Waals surface area contributed by atoms with Gasteiger partial charge in [-0.2, -0.15) is 0 Å². The van der Waals surface area contributed by atoms with Gasteiger partial charge in [-0.25, -0.2) is 0 Å². The molecule has 64 valence electrons. The number of nitrogens with one attached hydrogen (secondary N) is 1. The Kier molecular flexibility index (Phi) is 3.22. The highest BCUT2D eigenvalue weighted by atomic mass is 16.5. The van der Waals surface area contributed by atoms with Crippen LogP contribution < -0.4 is 11.1 Å². The van der Waals surface area contributed by atoms with Crippen molar-refractivity contribution in [3.63, 3.8) is 0 Å². The molecular formula is C7H14N2O2. The molecule has 0 aromatic heterocycles. The lowest BCUT2D eigenvalue weighted by Gasteiger charge is -2.27. The molecule has 0 aromatic carbocycles. The number of carbonyl (C=O) groups excluding carboxylic acids is 1. The van der Waals surface area contributed by atoms with Crippen LogP contribution >= 0.6 is 0 Å². The van der Waals surface area contributed by atoms with Crippen molar-refractivity contribution in [1.29, 1.82) is 0 Å². The van der Waals surface area contributed by atoms with Crippen LogP contribution in [-0.2, 0) is 9.53 Å². The zero-order valence-corrected chi connectivity index (χ0v) is 7.10. The fourth-order valence-electron chi connectivity index (χ4n) is 0.611. The van der Waals surface area contributed by atoms with E-state index in [9.17, 15) is 4.79 Å². The molecule has 11 heavy (non-hydrogen) atoms. The summed E-state index contributed by atoms with van der Waals surface area (Å²) >= 11 is 0. The first-order chi connectivity index (χ1) is 4.98. The van der Waals surface area contributed by atoms with E-state index in [1.165, 1.54) is 7.11 Å². The Labute approximate surface area is 66.4 Å². The molecule has 0 rings (SSSR count). The highest BCUT2D eigenvalue weighted by Gasteiger charge is 2.28. The summed E-state index contributed by atoms with van der Waals surface area (Å²) in [6.07, 6.45) is 0. The summed E-state index contributed by atoms with van der Waals surface area (Å²) in [5.74, 6) is -0.566. The van der Waals surface area contributed by atoms with E-state index in [4.69, 9.17) is 10.5 Å². The molecule has 1 amide bonds. The van der Waals surface area contributed by atoms with Crippen molar-refractivity contribution in [2.45, 2.75) is 12.6 Å². The van der Waals surface area contributed by atoms with Crippen LogP contribution in [0.5, 0.6) is 0 Å². The topological polar surface area (TPSA) is 64.4 Å². The number of amides is 1. The van der Waals surface area contributed by atoms with Gasteiger partial charge in [-0.3, -0.25) is 10.1 Å². The molecular weight excluding hydrogens is 144 g/mol. The predicted molar refractivity (Wildman–Crippen MR) is 42.8 cm³/mol. The zero-order valence-electron chi connectivity index (χ0n) is 7.10. The van der Waals surface area contributed by atoms with Crippen LogP contribution in [0.2, 0.25) is 0 Å². The third-order valence-electron chi connectivity index (χ3n) is 1.76. The third-order valence-corrected chi connectivity index (χ3v) is 1.76. The smallest absolute Gasteiger partial charge is 0.248 e. The van der Waals surface area contributed by atoms with Crippen LogP contribution in [0, 0.1) is 0 Å². The highest BCUT2D eigenvalue weighted by molar-refractivity contribution is 5.93. The summed E-state index contributed by atoms with van der Waals surface area (Å²) in [7, 11) is 3.14. The summed E-state index contributed by atoms with van der Waals surface area (Å²) in [4.78, 5) is 10.7. The molecule has 0 fully saturated rings. The molecule has 1 unspecified atom stereocenters. The van der Waals surface area contributed by atoms with Crippen LogP contribution in [0.15, 0.2) is 12.2 Å². The molecule has 0 spiro atoms. The van der Waals surface area contributed by atoms with E-state index in [1.54, 1.807) is 14.0 Å². The number of carbonyl (C=O) groups is 1. The Balaban J connectivity index is 4.50. The zero-order chi connectivity index (χ0) is 9.07. The lowest BCUT2D eigenvalue weighted by atomic mass is 10.1. The number of nitrogens with two attached hydrogens (primary N) is 1. The van der Waals surface area contributed by atoms with Crippen molar-refractivity contribution in [1.82, 2.24) is 5.32 Å². The largest absolute Gasteiger partial charge is 0.366 e. The molecule has 0 aromatic rings. The van der Waals surface area contributed by atoms with E-state index in [-0.39, 0.29) is 5.57 Å². The quantitative estimate of drug-likeness (QED) is 0.432. The number of likely N-dealkylation sites (N-methyl/N-ethyl adjacent to an activating group) is 1. The second-order valence-electron chi connectivity index (χ2n) is 2.33. The summed E-state index contributed by atoms with van der Waals surface area (Å²) in [6, 6.07) is 0. The van der Waals surface area contributed by atoms with Crippen molar-refractivity contribution >= 4 is 5.91 Å². The van der Waals surface area contributed by atoms with Crippen molar-refractivity contribution in [3.05, 3.63) is 12.2 Å². The first-order valence-corrected chi connectivity index (χ1v) is 3.21. The number of ether oxygens (including phenoxy) is 1. The predicted octanol–water partition coefficient (Wildman–Crippen LogP) is -0.390. The molecule has 4 heteroatoms. The van der Waals surface area contributed by atoms with Gasteiger partial charge in [0.1, 0.15) is 5.72 Å². The Bertz CT molecular complexity index is 173. The number of hydrogen-bond acceptors (Lipinski definition) is 3. The van der Waals surface area contributed by atoms with E-state index >= 15 is 0 Å². The van der Waals surface area contributed by atoms with E-state index < -0.39 is 11.6 Å². The minimum absolute atomic E-state index is 0.211. The minimum Gasteiger partial charge on any atom is -0.366 e. The van der Waals surface area contributed by atoms with Crippen molar-refractivity contribution in [2.75, 3.05) is 14.2 Å². The summed E-state index contributed by atoms with van der Waals surface area (Å²) in [5, 5.41) is 2.79. The maximum Gasteiger partial charge on any atom is 0.248 e. The minimum atomic E-state index is -0.855. The number of hydrogen-bond donors (Lipinski definition) is 2. The summed E-state index contributed by atoms with van der Waals surface area (Å²) in [6.45, 7) is 5.19. The van der Waals surface area contributed by atoms with Crippen LogP contribution in [0.4, 0.5) is 0 Å². The standard InChI is InChI=1S/C7H14N2O2/c1-5(6(8)10)7(2,9-3)11-4/h9H,1H2,2-4H3,(H2,8,10). The van der Waals surface area contributed by atoms with Gasteiger partial charge in [-0.1, -0.05) is 6.58 Å². The SMILES string of the molecule is C=C(C(N)=O)C(C)(NC)OC. The average Bonchev–Trinajstić information content (AvgIpc) is 2.01. The average molecular weight is 158 g/mol. The fraction of sp³-hybridized carbons (Fsp3) is 0.571. The van der Waals surface area contributed by atoms with Crippen molar-refractivity contribution in [2.24, 2.45) is 5.73 Å². The Morgan fingerprint density at radius 2 is 2.18 bits per heavy atom. The molecule has 3 N–H and O–H groups in total. The molecule has 0 saturated heterocycles. The molecule has 0 saturated carbocycles. The van der Waals surface area contributed by atoms with E-state index in [1.807, 2.05) is 0 Å². The highest BCUT2D eigenvalue weighted by Crippen LogP contribution is 2.13. The Hall–Kier alpha value is -0.870. The van der Waals surface area contributed by atoms with Gasteiger partial charge in [0.2, 0.25) is 5.91 Å². The Morgan fingerprint density at radius 3 is 2.27 bits per heavy atom. The second kappa shape index (κ2) is 3.50. The van der Waals surface area contributed by atoms with Gasteiger partial charge >= 0.3 is 0 Å². The lowest BCUT2D eigenvalue weighted by Crippen LogP contribution is -2.46. The molecule has 1 atom stereocenters. The van der Waals surface area contributed by atoms with Crippen LogP contribution in [0.25, 0.3) is 0 Å². The fourth-order valence-corrected chi connectivity index (χ4v) is 0.611. The van der Waals surface area contributed by atoms with E-state index in [2.05, 4.69) is 11.9 Å². The molecule has 0 aliphatic carbocycles. The number of rotatable bonds is 4. The van der Waals surface area contributed by atoms with Crippen molar-refractivity contribution in [3.8, 4) is 0 Å².